The molecule has 0 spiro atoms. The molecule has 0 saturated heterocycles. The summed E-state index contributed by atoms with van der Waals surface area (Å²) in [6.07, 6.45) is 0. The monoisotopic (exact) mass is 1210 g/mol. The Morgan fingerprint density at radius 3 is 0.915 bits per heavy atom. The second-order valence-electron chi connectivity index (χ2n) is 26.4. The van der Waals surface area contributed by atoms with Crippen molar-refractivity contribution in [3.05, 3.63) is 300 Å². The van der Waals surface area contributed by atoms with Gasteiger partial charge in [-0.15, -0.1) is 0 Å². The predicted molar refractivity (Wildman–Crippen MR) is 399 cm³/mol. The van der Waals surface area contributed by atoms with E-state index in [1.165, 1.54) is 88.3 Å². The SMILES string of the molecule is Cc1ccc(C(C)C)cc1N(c1ccc2c(-c3ccccc3)c3c(c(-c4ccccc4)c2c1)-c1c-3c(-c2ccccc2)c2cc(N(c3cc(C(C)C)ccc3C)c3c(C)ccc4c3oc3ccccc34)ccc2c1-c1ccccc1)c1c(C)ccc2c1oc1ccccc12. The lowest BCUT2D eigenvalue weighted by molar-refractivity contribution is 0.668. The summed E-state index contributed by atoms with van der Waals surface area (Å²) in [5.74, 6) is 0.624. The summed E-state index contributed by atoms with van der Waals surface area (Å²) in [6.45, 7) is 18.1. The van der Waals surface area contributed by atoms with Crippen LogP contribution < -0.4 is 9.80 Å². The summed E-state index contributed by atoms with van der Waals surface area (Å²) in [4.78, 5) is 5.00. The van der Waals surface area contributed by atoms with Crippen molar-refractivity contribution in [1.82, 2.24) is 0 Å². The van der Waals surface area contributed by atoms with E-state index in [9.17, 15) is 0 Å². The molecule has 2 aromatic heterocycles. The number of nitrogens with zero attached hydrogens (tertiary/aromatic N) is 2. The van der Waals surface area contributed by atoms with Gasteiger partial charge in [0.15, 0.2) is 11.2 Å². The molecule has 17 rings (SSSR count). The molecule has 16 aromatic rings. The number of furan rings is 2. The molecule has 0 radical (unpaired) electrons. The summed E-state index contributed by atoms with van der Waals surface area (Å²) in [7, 11) is 0. The number of hydrogen-bond donors (Lipinski definition) is 0. The zero-order valence-electron chi connectivity index (χ0n) is 54.3. The van der Waals surface area contributed by atoms with Crippen LogP contribution in [-0.4, -0.2) is 0 Å². The van der Waals surface area contributed by atoms with Crippen LogP contribution in [0.2, 0.25) is 0 Å². The lowest BCUT2D eigenvalue weighted by Gasteiger charge is -2.38. The van der Waals surface area contributed by atoms with Crippen molar-refractivity contribution < 1.29 is 8.83 Å². The highest BCUT2D eigenvalue weighted by molar-refractivity contribution is 6.33. The number of hydrogen-bond acceptors (Lipinski definition) is 4. The summed E-state index contributed by atoms with van der Waals surface area (Å²) >= 11 is 0. The van der Waals surface area contributed by atoms with E-state index in [1.54, 1.807) is 0 Å². The minimum atomic E-state index is 0.312. The number of anilines is 6. The summed E-state index contributed by atoms with van der Waals surface area (Å²) in [6, 6.07) is 99.2. The minimum absolute atomic E-state index is 0.312. The van der Waals surface area contributed by atoms with E-state index in [-0.39, 0.29) is 0 Å². The number of benzene rings is 14. The van der Waals surface area contributed by atoms with Gasteiger partial charge in [-0.3, -0.25) is 0 Å². The molecule has 0 N–H and O–H groups in total. The van der Waals surface area contributed by atoms with Crippen LogP contribution in [0.15, 0.2) is 276 Å². The molecule has 452 valence electrons. The van der Waals surface area contributed by atoms with Crippen LogP contribution in [0.25, 0.3) is 132 Å². The Bertz CT molecular complexity index is 5350. The van der Waals surface area contributed by atoms with Crippen molar-refractivity contribution in [3.63, 3.8) is 0 Å². The van der Waals surface area contributed by atoms with E-state index in [0.717, 1.165) is 111 Å². The molecule has 14 aromatic carbocycles. The fourth-order valence-corrected chi connectivity index (χ4v) is 15.3. The fraction of sp³-hybridized carbons (Fsp3) is 0.111. The topological polar surface area (TPSA) is 32.8 Å². The Morgan fingerprint density at radius 1 is 0.255 bits per heavy atom. The first-order valence-corrected chi connectivity index (χ1v) is 33.1. The Balaban J connectivity index is 1.01. The molecular formula is C90H70N2O2. The Morgan fingerprint density at radius 2 is 0.564 bits per heavy atom. The molecule has 0 fully saturated rings. The predicted octanol–water partition coefficient (Wildman–Crippen LogP) is 26.5. The van der Waals surface area contributed by atoms with E-state index in [0.29, 0.717) is 11.8 Å². The second kappa shape index (κ2) is 22.3. The highest BCUT2D eigenvalue weighted by Gasteiger charge is 2.40. The van der Waals surface area contributed by atoms with Gasteiger partial charge in [-0.25, -0.2) is 0 Å². The summed E-state index contributed by atoms with van der Waals surface area (Å²) in [5.41, 5.74) is 31.6. The van der Waals surface area contributed by atoms with E-state index in [4.69, 9.17) is 8.83 Å². The van der Waals surface area contributed by atoms with Crippen molar-refractivity contribution in [2.24, 2.45) is 0 Å². The van der Waals surface area contributed by atoms with Crippen LogP contribution in [0.3, 0.4) is 0 Å². The van der Waals surface area contributed by atoms with Gasteiger partial charge in [-0.2, -0.15) is 0 Å². The molecular weight excluding hydrogens is 1140 g/mol. The maximum absolute atomic E-state index is 7.05. The van der Waals surface area contributed by atoms with Gasteiger partial charge in [0.1, 0.15) is 11.2 Å². The molecule has 0 bridgehead atoms. The Kier molecular flexibility index (Phi) is 13.5. The van der Waals surface area contributed by atoms with Crippen LogP contribution in [0.1, 0.15) is 72.9 Å². The zero-order chi connectivity index (χ0) is 63.6. The fourth-order valence-electron chi connectivity index (χ4n) is 15.3. The smallest absolute Gasteiger partial charge is 0.159 e. The summed E-state index contributed by atoms with van der Waals surface area (Å²) in [5, 5.41) is 9.10. The first-order chi connectivity index (χ1) is 46.0. The number of fused-ring (bicyclic) bond motifs is 12. The highest BCUT2D eigenvalue weighted by atomic mass is 16.3. The zero-order valence-corrected chi connectivity index (χ0v) is 54.3. The van der Waals surface area contributed by atoms with Crippen LogP contribution in [0.5, 0.6) is 0 Å². The third-order valence-corrected chi connectivity index (χ3v) is 20.0. The van der Waals surface area contributed by atoms with Crippen molar-refractivity contribution in [1.29, 1.82) is 0 Å². The van der Waals surface area contributed by atoms with E-state index >= 15 is 0 Å². The lowest BCUT2D eigenvalue weighted by Crippen LogP contribution is -2.15. The molecule has 2 heterocycles. The molecule has 4 nitrogen and oxygen atoms in total. The number of aryl methyl sites for hydroxylation is 4. The largest absolute Gasteiger partial charge is 0.454 e. The van der Waals surface area contributed by atoms with Crippen molar-refractivity contribution in [2.75, 3.05) is 9.80 Å². The third kappa shape index (κ3) is 8.87. The van der Waals surface area contributed by atoms with E-state index in [2.05, 4.69) is 332 Å². The maximum atomic E-state index is 7.05. The average Bonchev–Trinajstić information content (AvgIpc) is 0.896. The van der Waals surface area contributed by atoms with Gasteiger partial charge in [-0.05, 0) is 210 Å². The lowest BCUT2D eigenvalue weighted by atomic mass is 9.65. The van der Waals surface area contributed by atoms with Crippen LogP contribution in [-0.2, 0) is 0 Å². The van der Waals surface area contributed by atoms with Gasteiger partial charge < -0.3 is 18.6 Å². The summed E-state index contributed by atoms with van der Waals surface area (Å²) < 4.78 is 14.1. The van der Waals surface area contributed by atoms with E-state index < -0.39 is 0 Å². The van der Waals surface area contributed by atoms with Gasteiger partial charge in [0.2, 0.25) is 0 Å². The van der Waals surface area contributed by atoms with Gasteiger partial charge in [-0.1, -0.05) is 246 Å². The quantitative estimate of drug-likeness (QED) is 0.122. The molecule has 4 heteroatoms. The molecule has 0 unspecified atom stereocenters. The number of para-hydroxylation sites is 2. The first-order valence-electron chi connectivity index (χ1n) is 33.1. The molecule has 1 aliphatic rings. The van der Waals surface area contributed by atoms with E-state index in [1.807, 2.05) is 0 Å². The van der Waals surface area contributed by atoms with Crippen molar-refractivity contribution >= 4 is 99.5 Å². The van der Waals surface area contributed by atoms with Crippen LogP contribution in [0, 0.1) is 27.7 Å². The Labute approximate surface area is 549 Å². The van der Waals surface area contributed by atoms with Gasteiger partial charge in [0, 0.05) is 44.3 Å². The van der Waals surface area contributed by atoms with Gasteiger partial charge in [0.05, 0.1) is 11.4 Å². The molecule has 0 saturated carbocycles. The third-order valence-electron chi connectivity index (χ3n) is 20.0. The van der Waals surface area contributed by atoms with Gasteiger partial charge >= 0.3 is 0 Å². The maximum Gasteiger partial charge on any atom is 0.159 e. The standard InChI is InChI=1S/C90H70N2O2/c1-53(2)63-41-37-55(5)75(49-63)91(87-57(7)39-45-71-67-33-21-23-35-77(67)93-89(71)87)65-43-47-69-73(51-65)81(61-29-17-11-18-30-61)85-83(79(69)59-25-13-9-14-26-59)86-82(62-31-19-12-20-32-62)74-52-66(44-48-70(74)80(84(85)86)60-27-15-10-16-28-60)92(76-50-64(54(3)4)42-38-56(76)6)88-58(8)40-46-72-68-34-22-24-36-78(68)94-90(72)88/h9-54H,1-8H3. The Hall–Kier alpha value is -11.2. The number of rotatable bonds is 12. The van der Waals surface area contributed by atoms with Gasteiger partial charge in [0.25, 0.3) is 0 Å². The van der Waals surface area contributed by atoms with Crippen LogP contribution in [0.4, 0.5) is 34.1 Å². The first kappa shape index (κ1) is 56.8. The molecule has 1 aliphatic carbocycles. The second-order valence-corrected chi connectivity index (χ2v) is 26.4. The normalized spacial score (nSPS) is 12.0. The molecule has 0 aliphatic heterocycles. The van der Waals surface area contributed by atoms with Crippen molar-refractivity contribution in [3.8, 4) is 66.8 Å². The molecule has 0 amide bonds. The minimum Gasteiger partial charge on any atom is -0.454 e. The average molecular weight is 1210 g/mol. The van der Waals surface area contributed by atoms with Crippen molar-refractivity contribution in [2.45, 2.75) is 67.2 Å². The highest BCUT2D eigenvalue weighted by Crippen LogP contribution is 2.66. The molecule has 94 heavy (non-hydrogen) atoms. The molecule has 0 atom stereocenters. The van der Waals surface area contributed by atoms with Crippen LogP contribution >= 0.6 is 0 Å².